The van der Waals surface area contributed by atoms with Crippen molar-refractivity contribution in [1.82, 2.24) is 9.97 Å². The van der Waals surface area contributed by atoms with E-state index in [0.717, 1.165) is 27.8 Å². The van der Waals surface area contributed by atoms with Crippen LogP contribution in [0.3, 0.4) is 0 Å². The number of ether oxygens (including phenoxy) is 2. The number of H-pyrrole nitrogens is 2. The molecule has 1 aromatic heterocycles. The molecule has 3 N–H and O–H groups in total. The average molecular weight is 412 g/mol. The molecule has 0 amide bonds. The van der Waals surface area contributed by atoms with Gasteiger partial charge in [0.05, 0.1) is 18.1 Å². The van der Waals surface area contributed by atoms with Crippen molar-refractivity contribution in [2.45, 2.75) is 13.2 Å². The maximum Gasteiger partial charge on any atom is 0.323 e. The summed E-state index contributed by atoms with van der Waals surface area (Å²) in [5.74, 6) is 1.40. The second-order valence-electron chi connectivity index (χ2n) is 6.45. The highest BCUT2D eigenvalue weighted by Gasteiger charge is 2.07. The number of fused-ring (bicyclic) bond motifs is 1. The zero-order valence-electron chi connectivity index (χ0n) is 15.9. The molecule has 0 radical (unpaired) electrons. The lowest BCUT2D eigenvalue weighted by Gasteiger charge is -2.13. The van der Waals surface area contributed by atoms with E-state index in [1.54, 1.807) is 7.11 Å². The number of aromatic amines is 2. The Labute approximate surface area is 174 Å². The maximum absolute atomic E-state index is 11.4. The second kappa shape index (κ2) is 9.21. The van der Waals surface area contributed by atoms with E-state index in [2.05, 4.69) is 15.3 Å². The Morgan fingerprint density at radius 2 is 1.66 bits per heavy atom. The number of aromatic nitrogens is 2. The summed E-state index contributed by atoms with van der Waals surface area (Å²) in [5.41, 5.74) is 4.45. The fraction of sp³-hybridized carbons (Fsp3) is 0.136. The van der Waals surface area contributed by atoms with Crippen LogP contribution in [0, 0.1) is 0 Å². The van der Waals surface area contributed by atoms with E-state index in [1.165, 1.54) is 0 Å². The largest absolute Gasteiger partial charge is 0.493 e. The molecule has 0 spiro atoms. The van der Waals surface area contributed by atoms with Crippen LogP contribution in [-0.2, 0) is 13.2 Å². The number of imidazole rings is 1. The van der Waals surface area contributed by atoms with Crippen molar-refractivity contribution < 1.29 is 9.47 Å². The number of benzene rings is 3. The lowest BCUT2D eigenvalue weighted by molar-refractivity contribution is 0.284. The van der Waals surface area contributed by atoms with Crippen molar-refractivity contribution in [3.8, 4) is 11.5 Å². The van der Waals surface area contributed by atoms with Gasteiger partial charge in [-0.3, -0.25) is 0 Å². The third kappa shape index (κ3) is 4.92. The molecule has 150 valence electrons. The van der Waals surface area contributed by atoms with Gasteiger partial charge in [-0.1, -0.05) is 36.4 Å². The number of hydrogen-bond acceptors (Lipinski definition) is 4. The summed E-state index contributed by atoms with van der Waals surface area (Å²) in [6.07, 6.45) is 0. The van der Waals surface area contributed by atoms with Gasteiger partial charge in [0.2, 0.25) is 0 Å². The summed E-state index contributed by atoms with van der Waals surface area (Å²) in [5, 5.41) is 3.36. The van der Waals surface area contributed by atoms with Gasteiger partial charge in [0.1, 0.15) is 6.61 Å². The van der Waals surface area contributed by atoms with Gasteiger partial charge in [-0.25, -0.2) is 4.79 Å². The molecule has 0 aliphatic carbocycles. The Morgan fingerprint density at radius 3 is 2.45 bits per heavy atom. The minimum absolute atomic E-state index is 0. The average Bonchev–Trinajstić information content (AvgIpc) is 3.11. The Balaban J connectivity index is 0.00000240. The lowest BCUT2D eigenvalue weighted by Crippen LogP contribution is -2.02. The third-order valence-corrected chi connectivity index (χ3v) is 4.48. The van der Waals surface area contributed by atoms with Crippen LogP contribution >= 0.6 is 12.4 Å². The van der Waals surface area contributed by atoms with Gasteiger partial charge in [0.25, 0.3) is 0 Å². The van der Waals surface area contributed by atoms with Gasteiger partial charge in [-0.15, -0.1) is 12.4 Å². The van der Waals surface area contributed by atoms with Gasteiger partial charge < -0.3 is 24.8 Å². The van der Waals surface area contributed by atoms with Gasteiger partial charge in [-0.05, 0) is 41.5 Å². The summed E-state index contributed by atoms with van der Waals surface area (Å²) >= 11 is 0. The molecule has 4 aromatic rings. The molecule has 0 aliphatic heterocycles. The van der Waals surface area contributed by atoms with Crippen LogP contribution in [0.1, 0.15) is 11.1 Å². The maximum atomic E-state index is 11.4. The predicted molar refractivity (Wildman–Crippen MR) is 117 cm³/mol. The van der Waals surface area contributed by atoms with Crippen LogP contribution < -0.4 is 20.5 Å². The number of rotatable bonds is 7. The first kappa shape index (κ1) is 20.4. The summed E-state index contributed by atoms with van der Waals surface area (Å²) in [4.78, 5) is 16.9. The monoisotopic (exact) mass is 411 g/mol. The predicted octanol–water partition coefficient (Wildman–Crippen LogP) is 4.48. The van der Waals surface area contributed by atoms with Crippen LogP contribution in [-0.4, -0.2) is 17.1 Å². The molecule has 0 aliphatic rings. The Morgan fingerprint density at radius 1 is 0.862 bits per heavy atom. The minimum Gasteiger partial charge on any atom is -0.493 e. The SMILES string of the molecule is COc1cc(CNc2ccc3[nH]c(=O)[nH]c3c2)ccc1OCc1ccccc1.Cl. The van der Waals surface area contributed by atoms with Crippen LogP contribution in [0.25, 0.3) is 11.0 Å². The van der Waals surface area contributed by atoms with E-state index >= 15 is 0 Å². The third-order valence-electron chi connectivity index (χ3n) is 4.48. The standard InChI is InChI=1S/C22H21N3O3.ClH/c1-27-21-11-16(7-10-20(21)28-14-15-5-3-2-4-6-15)13-23-17-8-9-18-19(12-17)25-22(26)24-18;/h2-12,23H,13-14H2,1H3,(H2,24,25,26);1H. The second-order valence-corrected chi connectivity index (χ2v) is 6.45. The molecule has 3 aromatic carbocycles. The molecule has 7 heteroatoms. The van der Waals surface area contributed by atoms with E-state index in [0.29, 0.717) is 24.7 Å². The van der Waals surface area contributed by atoms with Crippen molar-refractivity contribution in [1.29, 1.82) is 0 Å². The zero-order valence-corrected chi connectivity index (χ0v) is 16.7. The quantitative estimate of drug-likeness (QED) is 0.419. The minimum atomic E-state index is -0.206. The highest BCUT2D eigenvalue weighted by atomic mass is 35.5. The van der Waals surface area contributed by atoms with Crippen LogP contribution in [0.2, 0.25) is 0 Å². The van der Waals surface area contributed by atoms with Crippen LogP contribution in [0.15, 0.2) is 71.5 Å². The molecular weight excluding hydrogens is 390 g/mol. The van der Waals surface area contributed by atoms with Crippen LogP contribution in [0.5, 0.6) is 11.5 Å². The molecule has 0 fully saturated rings. The molecule has 1 heterocycles. The number of hydrogen-bond donors (Lipinski definition) is 3. The van der Waals surface area contributed by atoms with E-state index < -0.39 is 0 Å². The normalized spacial score (nSPS) is 10.4. The van der Waals surface area contributed by atoms with E-state index in [-0.39, 0.29) is 18.1 Å². The van der Waals surface area contributed by atoms with Crippen molar-refractivity contribution in [3.05, 3.63) is 88.3 Å². The molecule has 0 saturated heterocycles. The summed E-state index contributed by atoms with van der Waals surface area (Å²) < 4.78 is 11.4. The summed E-state index contributed by atoms with van der Waals surface area (Å²) in [6, 6.07) is 21.6. The van der Waals surface area contributed by atoms with E-state index in [9.17, 15) is 4.79 Å². The fourth-order valence-corrected chi connectivity index (χ4v) is 3.02. The van der Waals surface area contributed by atoms with Crippen LogP contribution in [0.4, 0.5) is 5.69 Å². The van der Waals surface area contributed by atoms with Crippen molar-refractivity contribution in [2.75, 3.05) is 12.4 Å². The number of nitrogens with one attached hydrogen (secondary N) is 3. The molecular formula is C22H22ClN3O3. The smallest absolute Gasteiger partial charge is 0.323 e. The highest BCUT2D eigenvalue weighted by molar-refractivity contribution is 5.85. The van der Waals surface area contributed by atoms with Gasteiger partial charge in [0.15, 0.2) is 11.5 Å². The summed E-state index contributed by atoms with van der Waals surface area (Å²) in [7, 11) is 1.64. The zero-order chi connectivity index (χ0) is 19.3. The molecule has 6 nitrogen and oxygen atoms in total. The molecule has 0 bridgehead atoms. The topological polar surface area (TPSA) is 79.1 Å². The molecule has 4 rings (SSSR count). The first-order valence-corrected chi connectivity index (χ1v) is 9.01. The molecule has 29 heavy (non-hydrogen) atoms. The van der Waals surface area contributed by atoms with Gasteiger partial charge in [-0.2, -0.15) is 0 Å². The Hall–Kier alpha value is -3.38. The molecule has 0 saturated carbocycles. The summed E-state index contributed by atoms with van der Waals surface area (Å²) in [6.45, 7) is 1.11. The van der Waals surface area contributed by atoms with Gasteiger partial charge in [0, 0.05) is 12.2 Å². The Kier molecular flexibility index (Phi) is 6.46. The van der Waals surface area contributed by atoms with E-state index in [4.69, 9.17) is 9.47 Å². The lowest BCUT2D eigenvalue weighted by atomic mass is 10.2. The van der Waals surface area contributed by atoms with Crippen molar-refractivity contribution in [3.63, 3.8) is 0 Å². The van der Waals surface area contributed by atoms with Gasteiger partial charge >= 0.3 is 5.69 Å². The fourth-order valence-electron chi connectivity index (χ4n) is 3.02. The van der Waals surface area contributed by atoms with Crippen molar-refractivity contribution in [2.24, 2.45) is 0 Å². The number of anilines is 1. The van der Waals surface area contributed by atoms with Crippen molar-refractivity contribution >= 4 is 29.1 Å². The molecule has 0 atom stereocenters. The van der Waals surface area contributed by atoms with E-state index in [1.807, 2.05) is 66.7 Å². The number of halogens is 1. The number of methoxy groups -OCH3 is 1. The Bertz CT molecular complexity index is 1140. The first-order chi connectivity index (χ1) is 13.7. The first-order valence-electron chi connectivity index (χ1n) is 9.01. The highest BCUT2D eigenvalue weighted by Crippen LogP contribution is 2.29. The molecule has 0 unspecified atom stereocenters.